The summed E-state index contributed by atoms with van der Waals surface area (Å²) in [5.41, 5.74) is 1.23. The molecule has 2 N–H and O–H groups in total. The van der Waals surface area contributed by atoms with Gasteiger partial charge >= 0.3 is 11.9 Å². The molecule has 0 saturated carbocycles. The molecule has 0 bridgehead atoms. The molecule has 0 amide bonds. The van der Waals surface area contributed by atoms with E-state index < -0.39 is 11.9 Å². The number of hydrogen-bond donors (Lipinski definition) is 2. The topological polar surface area (TPSA) is 74.6 Å². The van der Waals surface area contributed by atoms with Gasteiger partial charge in [-0.15, -0.1) is 22.7 Å². The zero-order valence-corrected chi connectivity index (χ0v) is 18.9. The maximum absolute atomic E-state index is 12.0. The van der Waals surface area contributed by atoms with Crippen molar-refractivity contribution in [3.05, 3.63) is 57.3 Å². The maximum atomic E-state index is 12.0. The number of unbranched alkanes of at least 4 members (excludes halogenated alkanes) is 2. The van der Waals surface area contributed by atoms with Gasteiger partial charge in [0.1, 0.15) is 0 Å². The Hall–Kier alpha value is -2.44. The second-order valence-electron chi connectivity index (χ2n) is 7.29. The Morgan fingerprint density at radius 2 is 1.13 bits per heavy atom. The number of carbonyl (C=O) groups is 2. The molecule has 30 heavy (non-hydrogen) atoms. The lowest BCUT2D eigenvalue weighted by molar-refractivity contribution is 0.0682. The van der Waals surface area contributed by atoms with Gasteiger partial charge in [-0.3, -0.25) is 0 Å². The van der Waals surface area contributed by atoms with Gasteiger partial charge in [0, 0.05) is 30.6 Å². The van der Waals surface area contributed by atoms with E-state index in [1.54, 1.807) is 0 Å². The molecule has 0 atom stereocenters. The third-order valence-corrected chi connectivity index (χ3v) is 7.38. The van der Waals surface area contributed by atoms with Crippen molar-refractivity contribution >= 4 is 34.6 Å². The number of thiophene rings is 2. The van der Waals surface area contributed by atoms with Gasteiger partial charge in [-0.2, -0.15) is 0 Å². The number of carboxylic acid groups (broad SMARTS) is 2. The molecule has 3 aromatic rings. The van der Waals surface area contributed by atoms with Gasteiger partial charge in [0.25, 0.3) is 0 Å². The zero-order valence-electron chi connectivity index (χ0n) is 17.2. The van der Waals surface area contributed by atoms with Crippen LogP contribution >= 0.6 is 22.7 Å². The second kappa shape index (κ2) is 10.0. The first-order chi connectivity index (χ1) is 14.4. The minimum Gasteiger partial charge on any atom is -0.478 e. The molecule has 0 saturated heterocycles. The molecule has 0 spiro atoms. The van der Waals surface area contributed by atoms with Crippen molar-refractivity contribution in [2.24, 2.45) is 0 Å². The summed E-state index contributed by atoms with van der Waals surface area (Å²) in [4.78, 5) is 28.0. The quantitative estimate of drug-likeness (QED) is 0.347. The molecule has 4 nitrogen and oxygen atoms in total. The molecule has 158 valence electrons. The number of rotatable bonds is 10. The average molecular weight is 443 g/mol. The van der Waals surface area contributed by atoms with Crippen LogP contribution in [0.3, 0.4) is 0 Å². The number of benzene rings is 1. The maximum Gasteiger partial charge on any atom is 0.336 e. The fourth-order valence-corrected chi connectivity index (χ4v) is 5.54. The fraction of sp³-hybridized carbons (Fsp3) is 0.333. The SMILES string of the molecule is CCCCc1ccc(-c2cc(C(=O)O)c(-c3ccc(CCCC)s3)cc2C(=O)O)s1. The van der Waals surface area contributed by atoms with Crippen LogP contribution in [0.5, 0.6) is 0 Å². The summed E-state index contributed by atoms with van der Waals surface area (Å²) in [5, 5.41) is 19.7. The highest BCUT2D eigenvalue weighted by Gasteiger charge is 2.22. The molecule has 2 aromatic heterocycles. The lowest BCUT2D eigenvalue weighted by Crippen LogP contribution is -2.05. The van der Waals surface area contributed by atoms with Crippen molar-refractivity contribution in [2.45, 2.75) is 52.4 Å². The Kier molecular flexibility index (Phi) is 7.45. The molecule has 0 fully saturated rings. The Bertz CT molecular complexity index is 961. The summed E-state index contributed by atoms with van der Waals surface area (Å²) in [6, 6.07) is 10.9. The van der Waals surface area contributed by atoms with Crippen molar-refractivity contribution in [2.75, 3.05) is 0 Å². The molecule has 0 aliphatic carbocycles. The summed E-state index contributed by atoms with van der Waals surface area (Å²) < 4.78 is 0. The van der Waals surface area contributed by atoms with E-state index in [-0.39, 0.29) is 11.1 Å². The predicted octanol–water partition coefficient (Wildman–Crippen LogP) is 7.23. The smallest absolute Gasteiger partial charge is 0.336 e. The van der Waals surface area contributed by atoms with Crippen LogP contribution in [0.1, 0.15) is 70.0 Å². The first-order valence-electron chi connectivity index (χ1n) is 10.3. The Labute approximate surface area is 184 Å². The lowest BCUT2D eigenvalue weighted by atomic mass is 9.96. The van der Waals surface area contributed by atoms with Crippen LogP contribution in [0, 0.1) is 0 Å². The summed E-state index contributed by atoms with van der Waals surface area (Å²) in [5.74, 6) is -2.09. The standard InChI is InChI=1S/C24H26O4S2/c1-3-5-7-15-9-11-21(29-15)17-13-20(24(27)28)18(14-19(17)23(25)26)22-12-10-16(30-22)8-6-4-2/h9-14H,3-8H2,1-2H3,(H,25,26)(H,27,28). The molecule has 2 heterocycles. The summed E-state index contributed by atoms with van der Waals surface area (Å²) in [7, 11) is 0. The first kappa shape index (κ1) is 22.2. The Morgan fingerprint density at radius 1 is 0.733 bits per heavy atom. The van der Waals surface area contributed by atoms with Crippen LogP contribution in [0.15, 0.2) is 36.4 Å². The lowest BCUT2D eigenvalue weighted by Gasteiger charge is -2.11. The van der Waals surface area contributed by atoms with E-state index in [4.69, 9.17) is 0 Å². The van der Waals surface area contributed by atoms with Crippen LogP contribution in [-0.2, 0) is 12.8 Å². The van der Waals surface area contributed by atoms with E-state index in [9.17, 15) is 19.8 Å². The van der Waals surface area contributed by atoms with Crippen LogP contribution in [0.4, 0.5) is 0 Å². The number of aromatic carboxylic acids is 2. The molecular weight excluding hydrogens is 416 g/mol. The highest BCUT2D eigenvalue weighted by Crippen LogP contribution is 2.38. The highest BCUT2D eigenvalue weighted by atomic mass is 32.1. The molecule has 1 aromatic carbocycles. The van der Waals surface area contributed by atoms with Gasteiger partial charge in [0.05, 0.1) is 11.1 Å². The van der Waals surface area contributed by atoms with Crippen molar-refractivity contribution in [3.63, 3.8) is 0 Å². The Balaban J connectivity index is 2.08. The third-order valence-electron chi connectivity index (χ3n) is 5.03. The van der Waals surface area contributed by atoms with E-state index in [0.29, 0.717) is 11.1 Å². The molecule has 0 aliphatic heterocycles. The molecular formula is C24H26O4S2. The van der Waals surface area contributed by atoms with Crippen molar-refractivity contribution < 1.29 is 19.8 Å². The van der Waals surface area contributed by atoms with Crippen molar-refractivity contribution in [3.8, 4) is 20.9 Å². The van der Waals surface area contributed by atoms with E-state index in [2.05, 4.69) is 13.8 Å². The first-order valence-corrected chi connectivity index (χ1v) is 11.9. The number of carboxylic acids is 2. The van der Waals surface area contributed by atoms with Crippen LogP contribution in [-0.4, -0.2) is 22.2 Å². The third kappa shape index (κ3) is 4.99. The number of aryl methyl sites for hydroxylation is 2. The summed E-state index contributed by atoms with van der Waals surface area (Å²) in [6.45, 7) is 4.26. The van der Waals surface area contributed by atoms with E-state index in [0.717, 1.165) is 48.3 Å². The van der Waals surface area contributed by atoms with E-state index in [1.165, 1.54) is 44.6 Å². The van der Waals surface area contributed by atoms with Gasteiger partial charge < -0.3 is 10.2 Å². The molecule has 0 unspecified atom stereocenters. The van der Waals surface area contributed by atoms with Gasteiger partial charge in [-0.05, 0) is 62.1 Å². The minimum absolute atomic E-state index is 0.141. The van der Waals surface area contributed by atoms with E-state index in [1.807, 2.05) is 24.3 Å². The second-order valence-corrected chi connectivity index (χ2v) is 9.63. The molecule has 0 aliphatic rings. The van der Waals surface area contributed by atoms with Crippen molar-refractivity contribution in [1.29, 1.82) is 0 Å². The molecule has 6 heteroatoms. The van der Waals surface area contributed by atoms with Crippen LogP contribution in [0.25, 0.3) is 20.9 Å². The van der Waals surface area contributed by atoms with Gasteiger partial charge in [0.15, 0.2) is 0 Å². The predicted molar refractivity (Wildman–Crippen MR) is 124 cm³/mol. The molecule has 0 radical (unpaired) electrons. The number of hydrogen-bond acceptors (Lipinski definition) is 4. The fourth-order valence-electron chi connectivity index (χ4n) is 3.38. The largest absolute Gasteiger partial charge is 0.478 e. The van der Waals surface area contributed by atoms with E-state index >= 15 is 0 Å². The average Bonchev–Trinajstić information content (AvgIpc) is 3.39. The van der Waals surface area contributed by atoms with Crippen LogP contribution in [0.2, 0.25) is 0 Å². The minimum atomic E-state index is -1.05. The van der Waals surface area contributed by atoms with Gasteiger partial charge in [-0.1, -0.05) is 26.7 Å². The summed E-state index contributed by atoms with van der Waals surface area (Å²) >= 11 is 3.08. The van der Waals surface area contributed by atoms with Crippen LogP contribution < -0.4 is 0 Å². The Morgan fingerprint density at radius 3 is 1.47 bits per heavy atom. The monoisotopic (exact) mass is 442 g/mol. The summed E-state index contributed by atoms with van der Waals surface area (Å²) in [6.07, 6.45) is 6.22. The normalized spacial score (nSPS) is 11.0. The zero-order chi connectivity index (χ0) is 21.7. The van der Waals surface area contributed by atoms with Crippen molar-refractivity contribution in [1.82, 2.24) is 0 Å². The van der Waals surface area contributed by atoms with Gasteiger partial charge in [-0.25, -0.2) is 9.59 Å². The van der Waals surface area contributed by atoms with Gasteiger partial charge in [0.2, 0.25) is 0 Å². The molecule has 3 rings (SSSR count). The highest BCUT2D eigenvalue weighted by molar-refractivity contribution is 7.16.